The van der Waals surface area contributed by atoms with Crippen LogP contribution in [0.5, 0.6) is 11.5 Å². The van der Waals surface area contributed by atoms with Crippen LogP contribution in [0.25, 0.3) is 0 Å². The van der Waals surface area contributed by atoms with Gasteiger partial charge in [0.05, 0.1) is 13.7 Å². The van der Waals surface area contributed by atoms with Crippen LogP contribution in [0.3, 0.4) is 0 Å². The van der Waals surface area contributed by atoms with E-state index in [-0.39, 0.29) is 12.4 Å². The first kappa shape index (κ1) is 15.1. The third kappa shape index (κ3) is 4.39. The lowest BCUT2D eigenvalue weighted by Crippen LogP contribution is -2.34. The van der Waals surface area contributed by atoms with Crippen LogP contribution in [0.2, 0.25) is 0 Å². The van der Waals surface area contributed by atoms with E-state index < -0.39 is 0 Å². The maximum Gasteiger partial charge on any atom is 0.119 e. The van der Waals surface area contributed by atoms with E-state index >= 15 is 0 Å². The highest BCUT2D eigenvalue weighted by Gasteiger charge is 2.17. The van der Waals surface area contributed by atoms with Crippen molar-refractivity contribution in [3.63, 3.8) is 0 Å². The maximum atomic E-state index is 5.81. The average molecular weight is 272 g/mol. The molecule has 0 aliphatic carbocycles. The molecule has 1 aliphatic heterocycles. The van der Waals surface area contributed by atoms with Crippen LogP contribution >= 0.6 is 12.4 Å². The van der Waals surface area contributed by atoms with E-state index in [0.29, 0.717) is 5.92 Å². The lowest BCUT2D eigenvalue weighted by Gasteiger charge is -2.29. The number of methoxy groups -OCH3 is 1. The van der Waals surface area contributed by atoms with Crippen molar-refractivity contribution in [1.82, 2.24) is 4.90 Å². The van der Waals surface area contributed by atoms with E-state index in [1.165, 1.54) is 19.4 Å². The predicted molar refractivity (Wildman–Crippen MR) is 76.0 cm³/mol. The third-order valence-electron chi connectivity index (χ3n) is 3.27. The number of benzene rings is 1. The fourth-order valence-electron chi connectivity index (χ4n) is 2.30. The van der Waals surface area contributed by atoms with E-state index in [1.54, 1.807) is 7.11 Å². The third-order valence-corrected chi connectivity index (χ3v) is 3.27. The van der Waals surface area contributed by atoms with Gasteiger partial charge in [-0.15, -0.1) is 12.4 Å². The van der Waals surface area contributed by atoms with Crippen molar-refractivity contribution >= 4 is 12.4 Å². The van der Waals surface area contributed by atoms with Gasteiger partial charge in [0.2, 0.25) is 0 Å². The Morgan fingerprint density at radius 2 is 1.89 bits per heavy atom. The predicted octanol–water partition coefficient (Wildman–Crippen LogP) is 2.84. The van der Waals surface area contributed by atoms with Gasteiger partial charge in [-0.1, -0.05) is 0 Å². The summed E-state index contributed by atoms with van der Waals surface area (Å²) in [6, 6.07) is 7.79. The molecule has 1 heterocycles. The molecule has 1 atom stereocenters. The molecule has 0 bridgehead atoms. The minimum absolute atomic E-state index is 0. The van der Waals surface area contributed by atoms with Crippen LogP contribution in [0.1, 0.15) is 12.8 Å². The maximum absolute atomic E-state index is 5.81. The molecule has 1 aromatic carbocycles. The second-order valence-electron chi connectivity index (χ2n) is 4.76. The van der Waals surface area contributed by atoms with Crippen molar-refractivity contribution < 1.29 is 9.47 Å². The first-order valence-corrected chi connectivity index (χ1v) is 6.23. The summed E-state index contributed by atoms with van der Waals surface area (Å²) in [5.74, 6) is 2.46. The lowest BCUT2D eigenvalue weighted by atomic mass is 10.00. The summed E-state index contributed by atoms with van der Waals surface area (Å²) < 4.78 is 10.9. The van der Waals surface area contributed by atoms with Crippen molar-refractivity contribution in [3.05, 3.63) is 24.3 Å². The van der Waals surface area contributed by atoms with Crippen LogP contribution in [0.4, 0.5) is 0 Å². The van der Waals surface area contributed by atoms with Crippen LogP contribution < -0.4 is 9.47 Å². The van der Waals surface area contributed by atoms with Gasteiger partial charge in [-0.05, 0) is 50.7 Å². The summed E-state index contributed by atoms with van der Waals surface area (Å²) in [6.45, 7) is 3.19. The highest BCUT2D eigenvalue weighted by Crippen LogP contribution is 2.20. The molecule has 1 unspecified atom stereocenters. The Morgan fingerprint density at radius 3 is 2.50 bits per heavy atom. The topological polar surface area (TPSA) is 21.7 Å². The zero-order valence-corrected chi connectivity index (χ0v) is 11.9. The summed E-state index contributed by atoms with van der Waals surface area (Å²) in [7, 11) is 3.85. The Bertz CT molecular complexity index is 342. The molecule has 1 aliphatic rings. The molecule has 2 rings (SSSR count). The number of piperidine rings is 1. The smallest absolute Gasteiger partial charge is 0.119 e. The molecule has 4 heteroatoms. The second kappa shape index (κ2) is 7.49. The number of nitrogens with zero attached hydrogens (tertiary/aromatic N) is 1. The molecule has 0 amide bonds. The Hall–Kier alpha value is -0.930. The average Bonchev–Trinajstić information content (AvgIpc) is 2.37. The molecule has 0 radical (unpaired) electrons. The molecule has 1 fully saturated rings. The van der Waals surface area contributed by atoms with Gasteiger partial charge in [0.1, 0.15) is 11.5 Å². The molecule has 0 aromatic heterocycles. The van der Waals surface area contributed by atoms with Crippen LogP contribution in [0, 0.1) is 5.92 Å². The second-order valence-corrected chi connectivity index (χ2v) is 4.76. The zero-order chi connectivity index (χ0) is 12.1. The summed E-state index contributed by atoms with van der Waals surface area (Å²) >= 11 is 0. The molecular formula is C14H22ClNO2. The van der Waals surface area contributed by atoms with Crippen molar-refractivity contribution in [2.24, 2.45) is 5.92 Å². The Kier molecular flexibility index (Phi) is 6.30. The number of ether oxygens (including phenoxy) is 2. The molecule has 0 saturated carbocycles. The first-order valence-electron chi connectivity index (χ1n) is 6.23. The molecule has 1 aromatic rings. The fraction of sp³-hybridized carbons (Fsp3) is 0.571. The molecule has 102 valence electrons. The number of hydrogen-bond donors (Lipinski definition) is 0. The van der Waals surface area contributed by atoms with Crippen LogP contribution in [-0.4, -0.2) is 38.8 Å². The van der Waals surface area contributed by atoms with Crippen molar-refractivity contribution in [3.8, 4) is 11.5 Å². The standard InChI is InChI=1S/C14H21NO2.ClH/c1-15-9-3-4-12(10-15)11-17-14-7-5-13(16-2)6-8-14;/h5-8,12H,3-4,9-11H2,1-2H3;1H. The highest BCUT2D eigenvalue weighted by molar-refractivity contribution is 5.85. The molecule has 0 N–H and O–H groups in total. The summed E-state index contributed by atoms with van der Waals surface area (Å²) in [6.07, 6.45) is 2.56. The molecule has 1 saturated heterocycles. The van der Waals surface area contributed by atoms with Crippen molar-refractivity contribution in [1.29, 1.82) is 0 Å². The minimum Gasteiger partial charge on any atom is -0.497 e. The van der Waals surface area contributed by atoms with Gasteiger partial charge in [0, 0.05) is 12.5 Å². The Balaban J connectivity index is 0.00000162. The molecule has 3 nitrogen and oxygen atoms in total. The number of halogens is 1. The fourth-order valence-corrected chi connectivity index (χ4v) is 2.30. The van der Waals surface area contributed by atoms with Gasteiger partial charge in [-0.25, -0.2) is 0 Å². The molecule has 0 spiro atoms. The van der Waals surface area contributed by atoms with Gasteiger partial charge in [0.25, 0.3) is 0 Å². The van der Waals surface area contributed by atoms with Crippen LogP contribution in [-0.2, 0) is 0 Å². The van der Waals surface area contributed by atoms with Gasteiger partial charge < -0.3 is 14.4 Å². The number of likely N-dealkylation sites (tertiary alicyclic amines) is 1. The Morgan fingerprint density at radius 1 is 1.22 bits per heavy atom. The van der Waals surface area contributed by atoms with Gasteiger partial charge in [-0.3, -0.25) is 0 Å². The SMILES string of the molecule is COc1ccc(OCC2CCCN(C)C2)cc1.Cl. The lowest BCUT2D eigenvalue weighted by molar-refractivity contribution is 0.150. The first-order chi connectivity index (χ1) is 8.28. The molecule has 18 heavy (non-hydrogen) atoms. The zero-order valence-electron chi connectivity index (χ0n) is 11.1. The normalized spacial score (nSPS) is 20.0. The van der Waals surface area contributed by atoms with E-state index in [4.69, 9.17) is 9.47 Å². The van der Waals surface area contributed by atoms with Crippen LogP contribution in [0.15, 0.2) is 24.3 Å². The van der Waals surface area contributed by atoms with E-state index in [1.807, 2.05) is 24.3 Å². The van der Waals surface area contributed by atoms with Gasteiger partial charge >= 0.3 is 0 Å². The highest BCUT2D eigenvalue weighted by atomic mass is 35.5. The quantitative estimate of drug-likeness (QED) is 0.841. The molecular weight excluding hydrogens is 250 g/mol. The number of hydrogen-bond acceptors (Lipinski definition) is 3. The summed E-state index contributed by atoms with van der Waals surface area (Å²) in [4.78, 5) is 2.38. The van der Waals surface area contributed by atoms with Gasteiger partial charge in [-0.2, -0.15) is 0 Å². The largest absolute Gasteiger partial charge is 0.497 e. The van der Waals surface area contributed by atoms with Crippen molar-refractivity contribution in [2.45, 2.75) is 12.8 Å². The van der Waals surface area contributed by atoms with E-state index in [0.717, 1.165) is 24.7 Å². The Labute approximate surface area is 115 Å². The van der Waals surface area contributed by atoms with E-state index in [9.17, 15) is 0 Å². The minimum atomic E-state index is 0. The monoisotopic (exact) mass is 271 g/mol. The summed E-state index contributed by atoms with van der Waals surface area (Å²) in [5, 5.41) is 0. The van der Waals surface area contributed by atoms with Crippen molar-refractivity contribution in [2.75, 3.05) is 33.9 Å². The number of rotatable bonds is 4. The van der Waals surface area contributed by atoms with E-state index in [2.05, 4.69) is 11.9 Å². The summed E-state index contributed by atoms with van der Waals surface area (Å²) in [5.41, 5.74) is 0. The van der Waals surface area contributed by atoms with Gasteiger partial charge in [0.15, 0.2) is 0 Å².